The highest BCUT2D eigenvalue weighted by molar-refractivity contribution is 7.89. The average Bonchev–Trinajstić information content (AvgIpc) is 3.10. The van der Waals surface area contributed by atoms with Gasteiger partial charge in [-0.05, 0) is 42.5 Å². The summed E-state index contributed by atoms with van der Waals surface area (Å²) in [5, 5.41) is 0.397. The Morgan fingerprint density at radius 1 is 1.04 bits per heavy atom. The van der Waals surface area contributed by atoms with Crippen LogP contribution < -0.4 is 0 Å². The van der Waals surface area contributed by atoms with E-state index in [1.165, 1.54) is 22.7 Å². The molecule has 0 atom stereocenters. The van der Waals surface area contributed by atoms with E-state index in [1.807, 2.05) is 0 Å². The smallest absolute Gasteiger partial charge is 0.245 e. The monoisotopic (exact) mass is 396 g/mol. The highest BCUT2D eigenvalue weighted by Crippen LogP contribution is 2.29. The van der Waals surface area contributed by atoms with Crippen molar-refractivity contribution in [3.8, 4) is 0 Å². The Hall–Kier alpha value is -1.86. The number of halogens is 2. The normalized spacial score (nSPS) is 11.8. The summed E-state index contributed by atoms with van der Waals surface area (Å²) in [4.78, 5) is 4.15. The molecule has 2 heterocycles. The number of rotatable bonds is 6. The lowest BCUT2D eigenvalue weighted by Crippen LogP contribution is -2.30. The second kappa shape index (κ2) is 7.58. The zero-order valence-electron chi connectivity index (χ0n) is 13.0. The molecular weight excluding hydrogens is 383 g/mol. The average molecular weight is 397 g/mol. The van der Waals surface area contributed by atoms with Gasteiger partial charge in [0.25, 0.3) is 0 Å². The first-order valence-electron chi connectivity index (χ1n) is 7.34. The van der Waals surface area contributed by atoms with Gasteiger partial charge in [0.1, 0.15) is 10.7 Å². The van der Waals surface area contributed by atoms with Gasteiger partial charge in [-0.15, -0.1) is 0 Å². The van der Waals surface area contributed by atoms with Gasteiger partial charge in [-0.2, -0.15) is 4.31 Å². The number of nitrogens with zero attached hydrogens (tertiary/aromatic N) is 2. The lowest BCUT2D eigenvalue weighted by atomic mass is 10.3. The van der Waals surface area contributed by atoms with E-state index in [-0.39, 0.29) is 23.0 Å². The Bertz CT molecular complexity index is 945. The molecule has 5 nitrogen and oxygen atoms in total. The minimum absolute atomic E-state index is 0.0503. The minimum atomic E-state index is -3.91. The first-order chi connectivity index (χ1) is 12.0. The molecule has 1 aromatic carbocycles. The van der Waals surface area contributed by atoms with Crippen LogP contribution >= 0.6 is 23.2 Å². The van der Waals surface area contributed by atoms with E-state index in [9.17, 15) is 8.42 Å². The standard InChI is InChI=1S/C17H14Cl2N2O3S/c18-13-6-7-16(19)17(10-13)25(22,23)21(12-15-5-3-9-24-15)11-14-4-1-2-8-20-14/h1-10H,11-12H2. The zero-order valence-corrected chi connectivity index (χ0v) is 15.3. The van der Waals surface area contributed by atoms with Crippen molar-refractivity contribution in [2.45, 2.75) is 18.0 Å². The highest BCUT2D eigenvalue weighted by atomic mass is 35.5. The third-order valence-electron chi connectivity index (χ3n) is 3.49. The maximum Gasteiger partial charge on any atom is 0.245 e. The SMILES string of the molecule is O=S(=O)(c1cc(Cl)ccc1Cl)N(Cc1ccccn1)Cc1ccco1. The first kappa shape index (κ1) is 17.9. The molecule has 0 bridgehead atoms. The summed E-state index contributed by atoms with van der Waals surface area (Å²) in [6, 6.07) is 13.1. The van der Waals surface area contributed by atoms with E-state index in [4.69, 9.17) is 27.6 Å². The number of furan rings is 1. The lowest BCUT2D eigenvalue weighted by Gasteiger charge is -2.21. The van der Waals surface area contributed by atoms with E-state index in [1.54, 1.807) is 42.6 Å². The fourth-order valence-corrected chi connectivity index (χ4v) is 4.40. The number of aromatic nitrogens is 1. The molecule has 25 heavy (non-hydrogen) atoms. The Morgan fingerprint density at radius 3 is 2.56 bits per heavy atom. The molecule has 8 heteroatoms. The maximum atomic E-state index is 13.1. The van der Waals surface area contributed by atoms with Gasteiger partial charge in [0, 0.05) is 11.2 Å². The van der Waals surface area contributed by atoms with Crippen LogP contribution in [0.4, 0.5) is 0 Å². The maximum absolute atomic E-state index is 13.1. The van der Waals surface area contributed by atoms with Crippen molar-refractivity contribution in [1.82, 2.24) is 9.29 Å². The summed E-state index contributed by atoms with van der Waals surface area (Å²) >= 11 is 12.1. The third kappa shape index (κ3) is 4.22. The van der Waals surface area contributed by atoms with E-state index in [2.05, 4.69) is 4.98 Å². The van der Waals surface area contributed by atoms with Crippen LogP contribution in [-0.4, -0.2) is 17.7 Å². The Kier molecular flexibility index (Phi) is 5.44. The van der Waals surface area contributed by atoms with Crippen molar-refractivity contribution >= 4 is 33.2 Å². The number of benzene rings is 1. The molecule has 0 fully saturated rings. The number of sulfonamides is 1. The van der Waals surface area contributed by atoms with Crippen LogP contribution in [0.2, 0.25) is 10.0 Å². The predicted octanol–water partition coefficient (Wildman–Crippen LogP) is 4.37. The van der Waals surface area contributed by atoms with Gasteiger partial charge in [-0.1, -0.05) is 29.3 Å². The molecule has 0 spiro atoms. The molecule has 3 rings (SSSR count). The topological polar surface area (TPSA) is 63.4 Å². The van der Waals surface area contributed by atoms with Crippen LogP contribution in [-0.2, 0) is 23.1 Å². The molecule has 0 N–H and O–H groups in total. The predicted molar refractivity (Wildman–Crippen MR) is 95.8 cm³/mol. The highest BCUT2D eigenvalue weighted by Gasteiger charge is 2.28. The van der Waals surface area contributed by atoms with Gasteiger partial charge in [0.15, 0.2) is 0 Å². The summed E-state index contributed by atoms with van der Waals surface area (Å²) in [6.07, 6.45) is 3.10. The van der Waals surface area contributed by atoms with Gasteiger partial charge in [0.2, 0.25) is 10.0 Å². The van der Waals surface area contributed by atoms with Gasteiger partial charge in [-0.25, -0.2) is 8.42 Å². The molecule has 0 aliphatic carbocycles. The molecule has 3 aromatic rings. The van der Waals surface area contributed by atoms with Crippen LogP contribution in [0.15, 0.2) is 70.3 Å². The van der Waals surface area contributed by atoms with Gasteiger partial charge >= 0.3 is 0 Å². The van der Waals surface area contributed by atoms with Crippen molar-refractivity contribution in [1.29, 1.82) is 0 Å². The number of hydrogen-bond acceptors (Lipinski definition) is 4. The molecule has 0 amide bonds. The van der Waals surface area contributed by atoms with E-state index >= 15 is 0 Å². The largest absolute Gasteiger partial charge is 0.468 e. The van der Waals surface area contributed by atoms with E-state index in [0.717, 1.165) is 0 Å². The molecule has 0 saturated heterocycles. The van der Waals surface area contributed by atoms with Crippen LogP contribution in [0.3, 0.4) is 0 Å². The second-order valence-corrected chi connectivity index (χ2v) is 8.00. The molecule has 2 aromatic heterocycles. The zero-order chi connectivity index (χ0) is 17.9. The molecule has 0 unspecified atom stereocenters. The van der Waals surface area contributed by atoms with E-state index in [0.29, 0.717) is 16.5 Å². The number of pyridine rings is 1. The summed E-state index contributed by atoms with van der Waals surface area (Å²) in [5.74, 6) is 0.512. The van der Waals surface area contributed by atoms with Crippen molar-refractivity contribution in [2.75, 3.05) is 0 Å². The molecule has 0 aliphatic rings. The third-order valence-corrected chi connectivity index (χ3v) is 6.00. The Labute approximate surface area is 155 Å². The summed E-state index contributed by atoms with van der Waals surface area (Å²) in [5.41, 5.74) is 0.607. The van der Waals surface area contributed by atoms with Gasteiger partial charge in [0.05, 0.1) is 30.1 Å². The van der Waals surface area contributed by atoms with Crippen LogP contribution in [0, 0.1) is 0 Å². The summed E-state index contributed by atoms with van der Waals surface area (Å²) in [7, 11) is -3.91. The van der Waals surface area contributed by atoms with Gasteiger partial charge in [-0.3, -0.25) is 4.98 Å². The molecule has 0 aliphatic heterocycles. The van der Waals surface area contributed by atoms with Crippen LogP contribution in [0.1, 0.15) is 11.5 Å². The second-order valence-electron chi connectivity index (χ2n) is 5.25. The lowest BCUT2D eigenvalue weighted by molar-refractivity contribution is 0.355. The fourth-order valence-electron chi connectivity index (χ4n) is 2.29. The fraction of sp³-hybridized carbons (Fsp3) is 0.118. The van der Waals surface area contributed by atoms with Crippen LogP contribution in [0.25, 0.3) is 0 Å². The summed E-state index contributed by atoms with van der Waals surface area (Å²) < 4.78 is 32.9. The quantitative estimate of drug-likeness (QED) is 0.620. The first-order valence-corrected chi connectivity index (χ1v) is 9.54. The van der Waals surface area contributed by atoms with Crippen molar-refractivity contribution in [2.24, 2.45) is 0 Å². The Morgan fingerprint density at radius 2 is 1.88 bits per heavy atom. The van der Waals surface area contributed by atoms with Crippen molar-refractivity contribution < 1.29 is 12.8 Å². The van der Waals surface area contributed by atoms with Crippen LogP contribution in [0.5, 0.6) is 0 Å². The molecular formula is C17H14Cl2N2O3S. The summed E-state index contributed by atoms with van der Waals surface area (Å²) in [6.45, 7) is 0.126. The molecule has 130 valence electrons. The molecule has 0 radical (unpaired) electrons. The van der Waals surface area contributed by atoms with Crippen molar-refractivity contribution in [3.63, 3.8) is 0 Å². The van der Waals surface area contributed by atoms with Gasteiger partial charge < -0.3 is 4.42 Å². The van der Waals surface area contributed by atoms with E-state index < -0.39 is 10.0 Å². The number of hydrogen-bond donors (Lipinski definition) is 0. The Balaban J connectivity index is 2.01. The molecule has 0 saturated carbocycles. The van der Waals surface area contributed by atoms with Crippen molar-refractivity contribution in [3.05, 3.63) is 82.5 Å². The minimum Gasteiger partial charge on any atom is -0.468 e.